The lowest BCUT2D eigenvalue weighted by Crippen LogP contribution is -2.10. The summed E-state index contributed by atoms with van der Waals surface area (Å²) in [4.78, 5) is 6.86. The summed E-state index contributed by atoms with van der Waals surface area (Å²) in [6.45, 7) is 0.848. The number of nitrogens with one attached hydrogen (secondary N) is 2. The number of benzene rings is 2. The predicted molar refractivity (Wildman–Crippen MR) is 96.0 cm³/mol. The Morgan fingerprint density at radius 3 is 2.58 bits per heavy atom. The number of para-hydroxylation sites is 1. The van der Waals surface area contributed by atoms with Crippen molar-refractivity contribution in [2.45, 2.75) is 13.0 Å². The van der Waals surface area contributed by atoms with E-state index < -0.39 is 0 Å². The standard InChI is InChI=1S/C19H14FN3S/c20-12-7-5-11(6-8-12)16-18-17-14(9-10-23(18)19(24)22-16)13-3-1-2-4-15(13)21-17/h1-8,21H,9-10H2,(H,22,24). The van der Waals surface area contributed by atoms with Crippen molar-refractivity contribution in [3.8, 4) is 22.6 Å². The van der Waals surface area contributed by atoms with E-state index in [2.05, 4.69) is 32.7 Å². The lowest BCUT2D eigenvalue weighted by molar-refractivity contribution is 0.628. The van der Waals surface area contributed by atoms with Gasteiger partial charge in [0.2, 0.25) is 0 Å². The van der Waals surface area contributed by atoms with Crippen molar-refractivity contribution in [2.24, 2.45) is 0 Å². The summed E-state index contributed by atoms with van der Waals surface area (Å²) in [6, 6.07) is 14.9. The molecule has 0 atom stereocenters. The predicted octanol–water partition coefficient (Wildman–Crippen LogP) is 5.06. The molecule has 24 heavy (non-hydrogen) atoms. The van der Waals surface area contributed by atoms with Gasteiger partial charge in [0.15, 0.2) is 4.77 Å². The van der Waals surface area contributed by atoms with Gasteiger partial charge in [0, 0.05) is 23.0 Å². The van der Waals surface area contributed by atoms with E-state index in [0.717, 1.165) is 41.1 Å². The number of aryl methyl sites for hydroxylation is 1. The molecule has 4 aromatic rings. The van der Waals surface area contributed by atoms with Gasteiger partial charge in [-0.1, -0.05) is 18.2 Å². The first-order chi connectivity index (χ1) is 11.7. The van der Waals surface area contributed by atoms with Gasteiger partial charge in [-0.2, -0.15) is 0 Å². The smallest absolute Gasteiger partial charge is 0.178 e. The average Bonchev–Trinajstić information content (AvgIpc) is 3.14. The molecule has 5 rings (SSSR count). The maximum Gasteiger partial charge on any atom is 0.178 e. The normalized spacial score (nSPS) is 13.0. The molecule has 0 saturated heterocycles. The van der Waals surface area contributed by atoms with Gasteiger partial charge >= 0.3 is 0 Å². The fourth-order valence-corrected chi connectivity index (χ4v) is 3.94. The largest absolute Gasteiger partial charge is 0.353 e. The summed E-state index contributed by atoms with van der Waals surface area (Å²) in [5, 5.41) is 1.26. The summed E-state index contributed by atoms with van der Waals surface area (Å²) < 4.78 is 16.1. The topological polar surface area (TPSA) is 36.5 Å². The van der Waals surface area contributed by atoms with Crippen LogP contribution in [0.3, 0.4) is 0 Å². The van der Waals surface area contributed by atoms with Crippen LogP contribution >= 0.6 is 12.2 Å². The van der Waals surface area contributed by atoms with E-state index in [1.165, 1.54) is 23.1 Å². The van der Waals surface area contributed by atoms with Crippen molar-refractivity contribution in [3.63, 3.8) is 0 Å². The maximum atomic E-state index is 13.3. The van der Waals surface area contributed by atoms with Crippen LogP contribution in [0, 0.1) is 10.6 Å². The van der Waals surface area contributed by atoms with Crippen LogP contribution in [0.2, 0.25) is 0 Å². The molecule has 0 saturated carbocycles. The number of aromatic nitrogens is 3. The molecule has 3 heterocycles. The number of H-pyrrole nitrogens is 2. The lowest BCUT2D eigenvalue weighted by atomic mass is 9.99. The third-order valence-electron chi connectivity index (χ3n) is 4.75. The van der Waals surface area contributed by atoms with E-state index in [1.807, 2.05) is 6.07 Å². The molecule has 0 radical (unpaired) electrons. The van der Waals surface area contributed by atoms with Crippen molar-refractivity contribution in [1.29, 1.82) is 0 Å². The SMILES string of the molecule is Fc1ccc(-c2[nH]c(=S)n3c2-c2[nH]c4ccccc4c2CC3)cc1. The molecule has 0 aliphatic carbocycles. The average molecular weight is 335 g/mol. The molecule has 0 fully saturated rings. The number of rotatable bonds is 1. The van der Waals surface area contributed by atoms with Gasteiger partial charge < -0.3 is 14.5 Å². The first kappa shape index (κ1) is 13.7. The molecule has 1 aliphatic heterocycles. The van der Waals surface area contributed by atoms with Crippen LogP contribution in [0.25, 0.3) is 33.5 Å². The number of halogens is 1. The van der Waals surface area contributed by atoms with Gasteiger partial charge in [0.05, 0.1) is 17.1 Å². The molecule has 1 aliphatic rings. The van der Waals surface area contributed by atoms with Crippen LogP contribution in [-0.4, -0.2) is 14.5 Å². The quantitative estimate of drug-likeness (QED) is 0.469. The van der Waals surface area contributed by atoms with E-state index in [4.69, 9.17) is 12.2 Å². The second kappa shape index (κ2) is 4.92. The van der Waals surface area contributed by atoms with Crippen LogP contribution < -0.4 is 0 Å². The van der Waals surface area contributed by atoms with Crippen molar-refractivity contribution < 1.29 is 4.39 Å². The maximum absolute atomic E-state index is 13.3. The van der Waals surface area contributed by atoms with Gasteiger partial charge in [-0.3, -0.25) is 0 Å². The van der Waals surface area contributed by atoms with Gasteiger partial charge in [-0.15, -0.1) is 0 Å². The Bertz CT molecular complexity index is 1130. The zero-order valence-corrected chi connectivity index (χ0v) is 13.6. The number of aromatic amines is 2. The van der Waals surface area contributed by atoms with Crippen molar-refractivity contribution in [2.75, 3.05) is 0 Å². The van der Waals surface area contributed by atoms with Gasteiger partial charge in [-0.05, 0) is 54.5 Å². The monoisotopic (exact) mass is 335 g/mol. The van der Waals surface area contributed by atoms with E-state index in [1.54, 1.807) is 12.1 Å². The first-order valence-corrected chi connectivity index (χ1v) is 8.32. The second-order valence-corrected chi connectivity index (χ2v) is 6.47. The molecule has 0 unspecified atom stereocenters. The van der Waals surface area contributed by atoms with Crippen LogP contribution in [-0.2, 0) is 13.0 Å². The number of hydrogen-bond donors (Lipinski definition) is 2. The molecule has 0 bridgehead atoms. The molecule has 2 N–H and O–H groups in total. The molecule has 0 amide bonds. The summed E-state index contributed by atoms with van der Waals surface area (Å²) in [5.41, 5.74) is 6.49. The summed E-state index contributed by atoms with van der Waals surface area (Å²) >= 11 is 5.51. The van der Waals surface area contributed by atoms with Gasteiger partial charge in [0.25, 0.3) is 0 Å². The van der Waals surface area contributed by atoms with Crippen LogP contribution in [0.4, 0.5) is 4.39 Å². The van der Waals surface area contributed by atoms with Crippen LogP contribution in [0.1, 0.15) is 5.56 Å². The number of fused-ring (bicyclic) bond motifs is 5. The Hall–Kier alpha value is -2.66. The van der Waals surface area contributed by atoms with Crippen molar-refractivity contribution in [3.05, 3.63) is 64.7 Å². The molecule has 5 heteroatoms. The molecule has 0 spiro atoms. The number of nitrogens with zero attached hydrogens (tertiary/aromatic N) is 1. The minimum absolute atomic E-state index is 0.239. The highest BCUT2D eigenvalue weighted by Gasteiger charge is 2.25. The number of imidazole rings is 1. The molecular formula is C19H14FN3S. The molecule has 3 nitrogen and oxygen atoms in total. The Morgan fingerprint density at radius 2 is 1.75 bits per heavy atom. The number of hydrogen-bond acceptors (Lipinski definition) is 1. The Morgan fingerprint density at radius 1 is 0.958 bits per heavy atom. The third-order valence-corrected chi connectivity index (χ3v) is 5.07. The zero-order valence-electron chi connectivity index (χ0n) is 12.8. The molecule has 2 aromatic heterocycles. The minimum Gasteiger partial charge on any atom is -0.353 e. The van der Waals surface area contributed by atoms with E-state index in [0.29, 0.717) is 4.77 Å². The Balaban J connectivity index is 1.83. The fraction of sp³-hybridized carbons (Fsp3) is 0.105. The highest BCUT2D eigenvalue weighted by atomic mass is 32.1. The van der Waals surface area contributed by atoms with E-state index in [-0.39, 0.29) is 5.82 Å². The summed E-state index contributed by atoms with van der Waals surface area (Å²) in [6.07, 6.45) is 0.946. The summed E-state index contributed by atoms with van der Waals surface area (Å²) in [5.74, 6) is -0.239. The molecular weight excluding hydrogens is 321 g/mol. The summed E-state index contributed by atoms with van der Waals surface area (Å²) in [7, 11) is 0. The third kappa shape index (κ3) is 1.85. The van der Waals surface area contributed by atoms with Gasteiger partial charge in [-0.25, -0.2) is 4.39 Å². The Kier molecular flexibility index (Phi) is 2.82. The molecule has 118 valence electrons. The Labute approximate surface area is 142 Å². The van der Waals surface area contributed by atoms with Gasteiger partial charge in [0.1, 0.15) is 5.82 Å². The second-order valence-electron chi connectivity index (χ2n) is 6.09. The fourth-order valence-electron chi connectivity index (χ4n) is 3.65. The lowest BCUT2D eigenvalue weighted by Gasteiger charge is -2.17. The minimum atomic E-state index is -0.239. The van der Waals surface area contributed by atoms with Crippen molar-refractivity contribution >= 4 is 23.1 Å². The van der Waals surface area contributed by atoms with Crippen LogP contribution in [0.5, 0.6) is 0 Å². The van der Waals surface area contributed by atoms with Crippen LogP contribution in [0.15, 0.2) is 48.5 Å². The molecule has 2 aromatic carbocycles. The highest BCUT2D eigenvalue weighted by Crippen LogP contribution is 2.39. The van der Waals surface area contributed by atoms with E-state index >= 15 is 0 Å². The van der Waals surface area contributed by atoms with E-state index in [9.17, 15) is 4.39 Å². The zero-order chi connectivity index (χ0) is 16.3. The highest BCUT2D eigenvalue weighted by molar-refractivity contribution is 7.71. The van der Waals surface area contributed by atoms with Crippen molar-refractivity contribution in [1.82, 2.24) is 14.5 Å². The first-order valence-electron chi connectivity index (χ1n) is 7.91.